The zero-order valence-corrected chi connectivity index (χ0v) is 13.4. The van der Waals surface area contributed by atoms with E-state index in [1.54, 1.807) is 19.2 Å². The lowest BCUT2D eigenvalue weighted by molar-refractivity contribution is -0.126. The summed E-state index contributed by atoms with van der Waals surface area (Å²) in [5.74, 6) is -0.0805. The Morgan fingerprint density at radius 2 is 1.86 bits per heavy atom. The Morgan fingerprint density at radius 3 is 2.33 bits per heavy atom. The highest BCUT2D eigenvalue weighted by Crippen LogP contribution is 2.12. The highest BCUT2D eigenvalue weighted by atomic mass is 32.2. The maximum Gasteiger partial charge on any atom is 0.238 e. The number of carbonyl (C=O) groups excluding carboxylic acids is 1. The summed E-state index contributed by atoms with van der Waals surface area (Å²) in [5.41, 5.74) is 0.440. The van der Waals surface area contributed by atoms with Gasteiger partial charge in [0.25, 0.3) is 0 Å². The lowest BCUT2D eigenvalue weighted by atomic mass is 10.0. The SMILES string of the molecule is COC(C)(C)CC(=O)NCCc1ccc(S(N)(=O)=O)cc1. The number of rotatable bonds is 7. The van der Waals surface area contributed by atoms with Crippen molar-refractivity contribution in [3.63, 3.8) is 0 Å². The van der Waals surface area contributed by atoms with Crippen LogP contribution < -0.4 is 10.5 Å². The third-order valence-corrected chi connectivity index (χ3v) is 4.06. The Labute approximate surface area is 125 Å². The molecule has 0 aliphatic heterocycles. The Bertz CT molecular complexity index is 579. The van der Waals surface area contributed by atoms with Crippen molar-refractivity contribution in [3.8, 4) is 0 Å². The zero-order valence-electron chi connectivity index (χ0n) is 12.5. The molecule has 0 bridgehead atoms. The molecule has 0 saturated heterocycles. The van der Waals surface area contributed by atoms with E-state index in [2.05, 4.69) is 5.32 Å². The molecule has 21 heavy (non-hydrogen) atoms. The van der Waals surface area contributed by atoms with Crippen molar-refractivity contribution in [3.05, 3.63) is 29.8 Å². The summed E-state index contributed by atoms with van der Waals surface area (Å²) in [4.78, 5) is 11.8. The van der Waals surface area contributed by atoms with Gasteiger partial charge in [-0.3, -0.25) is 4.79 Å². The Balaban J connectivity index is 2.45. The third kappa shape index (κ3) is 6.24. The van der Waals surface area contributed by atoms with Gasteiger partial charge in [-0.2, -0.15) is 0 Å². The van der Waals surface area contributed by atoms with Crippen molar-refractivity contribution in [1.29, 1.82) is 0 Å². The number of hydrogen-bond donors (Lipinski definition) is 2. The fourth-order valence-corrected chi connectivity index (χ4v) is 2.23. The highest BCUT2D eigenvalue weighted by Gasteiger charge is 2.20. The molecule has 0 aromatic heterocycles. The Hall–Kier alpha value is -1.44. The molecule has 0 fully saturated rings. The van der Waals surface area contributed by atoms with Crippen molar-refractivity contribution >= 4 is 15.9 Å². The van der Waals surface area contributed by atoms with E-state index >= 15 is 0 Å². The van der Waals surface area contributed by atoms with Crippen LogP contribution in [0.2, 0.25) is 0 Å². The molecule has 1 aromatic rings. The molecule has 0 atom stereocenters. The van der Waals surface area contributed by atoms with Crippen LogP contribution in [0.25, 0.3) is 0 Å². The maximum absolute atomic E-state index is 11.7. The fourth-order valence-electron chi connectivity index (χ4n) is 1.71. The van der Waals surface area contributed by atoms with Gasteiger partial charge in [-0.15, -0.1) is 0 Å². The van der Waals surface area contributed by atoms with Gasteiger partial charge in [-0.05, 0) is 38.0 Å². The van der Waals surface area contributed by atoms with E-state index in [0.717, 1.165) is 5.56 Å². The second-order valence-electron chi connectivity index (χ2n) is 5.43. The van der Waals surface area contributed by atoms with Crippen LogP contribution in [0.5, 0.6) is 0 Å². The second-order valence-corrected chi connectivity index (χ2v) is 6.99. The molecule has 0 aliphatic carbocycles. The van der Waals surface area contributed by atoms with Gasteiger partial charge in [0, 0.05) is 13.7 Å². The molecule has 1 amide bonds. The number of ether oxygens (including phenoxy) is 1. The molecular weight excluding hydrogens is 292 g/mol. The standard InChI is InChI=1S/C14H22N2O4S/c1-14(2,20-3)10-13(17)16-9-8-11-4-6-12(7-5-11)21(15,18)19/h4-7H,8-10H2,1-3H3,(H,16,17)(H2,15,18,19). The number of amides is 1. The molecule has 0 spiro atoms. The van der Waals surface area contributed by atoms with Gasteiger partial charge >= 0.3 is 0 Å². The number of carbonyl (C=O) groups is 1. The molecule has 0 unspecified atom stereocenters. The van der Waals surface area contributed by atoms with Crippen LogP contribution in [0.3, 0.4) is 0 Å². The summed E-state index contributed by atoms with van der Waals surface area (Å²) in [7, 11) is -2.09. The molecule has 0 radical (unpaired) electrons. The summed E-state index contributed by atoms with van der Waals surface area (Å²) in [6, 6.07) is 6.29. The first kappa shape index (κ1) is 17.6. The van der Waals surface area contributed by atoms with Crippen molar-refractivity contribution < 1.29 is 17.9 Å². The molecule has 0 saturated carbocycles. The molecule has 1 aromatic carbocycles. The van der Waals surface area contributed by atoms with E-state index in [4.69, 9.17) is 9.88 Å². The molecule has 0 aliphatic rings. The number of methoxy groups -OCH3 is 1. The van der Waals surface area contributed by atoms with E-state index in [1.807, 2.05) is 13.8 Å². The molecule has 0 heterocycles. The van der Waals surface area contributed by atoms with E-state index < -0.39 is 15.6 Å². The number of nitrogens with one attached hydrogen (secondary N) is 1. The number of primary sulfonamides is 1. The summed E-state index contributed by atoms with van der Waals surface area (Å²) < 4.78 is 27.4. The van der Waals surface area contributed by atoms with Crippen LogP contribution in [-0.2, 0) is 26.0 Å². The van der Waals surface area contributed by atoms with Crippen LogP contribution >= 0.6 is 0 Å². The zero-order chi connectivity index (χ0) is 16.1. The molecule has 118 valence electrons. The average Bonchev–Trinajstić information content (AvgIpc) is 2.37. The lowest BCUT2D eigenvalue weighted by Crippen LogP contribution is -2.34. The summed E-state index contributed by atoms with van der Waals surface area (Å²) in [5, 5.41) is 7.83. The summed E-state index contributed by atoms with van der Waals surface area (Å²) in [6.45, 7) is 4.17. The predicted molar refractivity (Wildman–Crippen MR) is 80.2 cm³/mol. The van der Waals surface area contributed by atoms with Crippen LogP contribution in [0.15, 0.2) is 29.2 Å². The van der Waals surface area contributed by atoms with Gasteiger partial charge < -0.3 is 10.1 Å². The van der Waals surface area contributed by atoms with E-state index in [-0.39, 0.29) is 17.2 Å². The van der Waals surface area contributed by atoms with Gasteiger partial charge in [-0.1, -0.05) is 12.1 Å². The van der Waals surface area contributed by atoms with Crippen molar-refractivity contribution in [2.75, 3.05) is 13.7 Å². The Kier molecular flexibility index (Phi) is 5.88. The number of sulfonamides is 1. The first-order valence-corrected chi connectivity index (χ1v) is 8.12. The van der Waals surface area contributed by atoms with Gasteiger partial charge in [0.1, 0.15) is 0 Å². The van der Waals surface area contributed by atoms with Crippen LogP contribution in [0.4, 0.5) is 0 Å². The third-order valence-electron chi connectivity index (χ3n) is 3.13. The number of benzene rings is 1. The monoisotopic (exact) mass is 314 g/mol. The number of nitrogens with two attached hydrogens (primary N) is 1. The quantitative estimate of drug-likeness (QED) is 0.778. The van der Waals surface area contributed by atoms with Crippen LogP contribution in [-0.4, -0.2) is 33.6 Å². The normalized spacial score (nSPS) is 12.2. The minimum absolute atomic E-state index is 0.0805. The topological polar surface area (TPSA) is 98.5 Å². The van der Waals surface area contributed by atoms with Crippen molar-refractivity contribution in [2.45, 2.75) is 37.2 Å². The smallest absolute Gasteiger partial charge is 0.238 e. The van der Waals surface area contributed by atoms with E-state index in [9.17, 15) is 13.2 Å². The minimum Gasteiger partial charge on any atom is -0.378 e. The molecular formula is C14H22N2O4S. The first-order valence-electron chi connectivity index (χ1n) is 6.58. The predicted octanol–water partition coefficient (Wildman–Crippen LogP) is 0.808. The summed E-state index contributed by atoms with van der Waals surface area (Å²) in [6.07, 6.45) is 0.901. The van der Waals surface area contributed by atoms with Gasteiger partial charge in [0.05, 0.1) is 16.9 Å². The van der Waals surface area contributed by atoms with E-state index in [0.29, 0.717) is 13.0 Å². The van der Waals surface area contributed by atoms with Crippen LogP contribution in [0.1, 0.15) is 25.8 Å². The first-order chi connectivity index (χ1) is 9.64. The van der Waals surface area contributed by atoms with Crippen molar-refractivity contribution in [1.82, 2.24) is 5.32 Å². The minimum atomic E-state index is -3.66. The second kappa shape index (κ2) is 7.02. The highest BCUT2D eigenvalue weighted by molar-refractivity contribution is 7.89. The lowest BCUT2D eigenvalue weighted by Gasteiger charge is -2.21. The average molecular weight is 314 g/mol. The fraction of sp³-hybridized carbons (Fsp3) is 0.500. The van der Waals surface area contributed by atoms with E-state index in [1.165, 1.54) is 12.1 Å². The molecule has 3 N–H and O–H groups in total. The van der Waals surface area contributed by atoms with Crippen LogP contribution in [0, 0.1) is 0 Å². The number of hydrogen-bond acceptors (Lipinski definition) is 4. The van der Waals surface area contributed by atoms with Gasteiger partial charge in [0.15, 0.2) is 0 Å². The van der Waals surface area contributed by atoms with Gasteiger partial charge in [-0.25, -0.2) is 13.6 Å². The maximum atomic E-state index is 11.7. The Morgan fingerprint density at radius 1 is 1.29 bits per heavy atom. The molecule has 7 heteroatoms. The molecule has 1 rings (SSSR count). The van der Waals surface area contributed by atoms with Crippen molar-refractivity contribution in [2.24, 2.45) is 5.14 Å². The largest absolute Gasteiger partial charge is 0.378 e. The van der Waals surface area contributed by atoms with Gasteiger partial charge in [0.2, 0.25) is 15.9 Å². The summed E-state index contributed by atoms with van der Waals surface area (Å²) >= 11 is 0. The molecule has 6 nitrogen and oxygen atoms in total.